The van der Waals surface area contributed by atoms with Crippen LogP contribution in [0.1, 0.15) is 26.6 Å². The summed E-state index contributed by atoms with van der Waals surface area (Å²) < 4.78 is 2.53. The summed E-state index contributed by atoms with van der Waals surface area (Å²) in [5.41, 5.74) is 1.56. The van der Waals surface area contributed by atoms with Crippen LogP contribution in [0.3, 0.4) is 0 Å². The maximum absolute atomic E-state index is 4.82. The van der Waals surface area contributed by atoms with Crippen LogP contribution in [0.4, 0.5) is 0 Å². The van der Waals surface area contributed by atoms with Gasteiger partial charge in [0.25, 0.3) is 0 Å². The number of benzene rings is 2. The molecule has 0 aliphatic carbocycles. The Morgan fingerprint density at radius 2 is 1.48 bits per heavy atom. The minimum absolute atomic E-state index is 0.192. The molecule has 0 aliphatic rings. The molecule has 2 aromatic carbocycles. The van der Waals surface area contributed by atoms with Crippen LogP contribution in [0.15, 0.2) is 66.9 Å². The quantitative estimate of drug-likeness (QED) is 0.353. The summed E-state index contributed by atoms with van der Waals surface area (Å²) in [6.07, 6.45) is 1.76. The third-order valence-corrected chi connectivity index (χ3v) is 5.97. The Morgan fingerprint density at radius 1 is 0.724 bits per heavy atom. The SMILES string of the molecule is CC(C)(C)c1nc(-c2ccc3c(c2)sc2ccccc23)nc(-c2ccccn2)n1. The summed E-state index contributed by atoms with van der Waals surface area (Å²) in [7, 11) is 0. The molecular formula is C24H20N4S. The molecular weight excluding hydrogens is 376 g/mol. The van der Waals surface area contributed by atoms with E-state index in [0.29, 0.717) is 11.6 Å². The number of pyridine rings is 1. The second-order valence-electron chi connectivity index (χ2n) is 8.08. The van der Waals surface area contributed by atoms with E-state index in [2.05, 4.69) is 68.2 Å². The summed E-state index contributed by atoms with van der Waals surface area (Å²) >= 11 is 1.80. The number of rotatable bonds is 2. The van der Waals surface area contributed by atoms with Gasteiger partial charge in [0.15, 0.2) is 11.6 Å². The van der Waals surface area contributed by atoms with Crippen molar-refractivity contribution in [2.75, 3.05) is 0 Å². The van der Waals surface area contributed by atoms with Gasteiger partial charge in [0.2, 0.25) is 0 Å². The average molecular weight is 397 g/mol. The molecule has 0 radical (unpaired) electrons. The summed E-state index contributed by atoms with van der Waals surface area (Å²) in [4.78, 5) is 18.7. The monoisotopic (exact) mass is 396 g/mol. The molecule has 3 heterocycles. The first kappa shape index (κ1) is 17.9. The standard InChI is InChI=1S/C24H20N4S/c1-24(2,3)23-27-21(26-22(28-23)18-9-6-7-13-25-18)15-11-12-17-16-8-4-5-10-19(16)29-20(17)14-15/h4-14H,1-3H3. The van der Waals surface area contributed by atoms with Crippen LogP contribution in [0, 0.1) is 0 Å². The second-order valence-corrected chi connectivity index (χ2v) is 9.16. The zero-order valence-corrected chi connectivity index (χ0v) is 17.4. The summed E-state index contributed by atoms with van der Waals surface area (Å²) in [5.74, 6) is 2.06. The number of nitrogens with zero attached hydrogens (tertiary/aromatic N) is 4. The van der Waals surface area contributed by atoms with Crippen molar-refractivity contribution < 1.29 is 0 Å². The normalized spacial score (nSPS) is 12.0. The molecule has 0 atom stereocenters. The zero-order chi connectivity index (χ0) is 20.0. The van der Waals surface area contributed by atoms with E-state index in [1.54, 1.807) is 17.5 Å². The van der Waals surface area contributed by atoms with E-state index >= 15 is 0 Å². The van der Waals surface area contributed by atoms with E-state index in [1.807, 2.05) is 18.2 Å². The maximum atomic E-state index is 4.82. The lowest BCUT2D eigenvalue weighted by molar-refractivity contribution is 0.543. The molecule has 0 aliphatic heterocycles. The van der Waals surface area contributed by atoms with Crippen LogP contribution < -0.4 is 0 Å². The summed E-state index contributed by atoms with van der Waals surface area (Å²) in [5, 5.41) is 2.56. The topological polar surface area (TPSA) is 51.6 Å². The summed E-state index contributed by atoms with van der Waals surface area (Å²) in [6.45, 7) is 6.34. The highest BCUT2D eigenvalue weighted by molar-refractivity contribution is 7.25. The molecule has 0 unspecified atom stereocenters. The van der Waals surface area contributed by atoms with Crippen molar-refractivity contribution in [3.8, 4) is 22.9 Å². The highest BCUT2D eigenvalue weighted by atomic mass is 32.1. The number of hydrogen-bond acceptors (Lipinski definition) is 5. The Kier molecular flexibility index (Phi) is 4.14. The van der Waals surface area contributed by atoms with E-state index in [-0.39, 0.29) is 5.41 Å². The third-order valence-electron chi connectivity index (χ3n) is 4.84. The van der Waals surface area contributed by atoms with Gasteiger partial charge >= 0.3 is 0 Å². The van der Waals surface area contributed by atoms with Gasteiger partial charge in [-0.2, -0.15) is 0 Å². The first-order chi connectivity index (χ1) is 14.0. The first-order valence-electron chi connectivity index (χ1n) is 9.59. The first-order valence-corrected chi connectivity index (χ1v) is 10.4. The van der Waals surface area contributed by atoms with Crippen molar-refractivity contribution >= 4 is 31.5 Å². The molecule has 0 amide bonds. The van der Waals surface area contributed by atoms with Crippen LogP contribution >= 0.6 is 11.3 Å². The average Bonchev–Trinajstić information content (AvgIpc) is 3.11. The lowest BCUT2D eigenvalue weighted by Gasteiger charge is -2.18. The van der Waals surface area contributed by atoms with Crippen LogP contribution in [0.5, 0.6) is 0 Å². The second kappa shape index (κ2) is 6.71. The Balaban J connectivity index is 1.71. The molecule has 0 saturated carbocycles. The smallest absolute Gasteiger partial charge is 0.182 e. The van der Waals surface area contributed by atoms with Crippen LogP contribution in [-0.4, -0.2) is 19.9 Å². The largest absolute Gasteiger partial charge is 0.253 e. The Morgan fingerprint density at radius 3 is 2.28 bits per heavy atom. The van der Waals surface area contributed by atoms with Crippen LogP contribution in [0.25, 0.3) is 43.1 Å². The lowest BCUT2D eigenvalue weighted by Crippen LogP contribution is -2.18. The minimum atomic E-state index is -0.192. The molecule has 0 N–H and O–H groups in total. The molecule has 3 aromatic heterocycles. The molecule has 5 aromatic rings. The molecule has 0 saturated heterocycles. The van der Waals surface area contributed by atoms with Gasteiger partial charge in [0.05, 0.1) is 0 Å². The molecule has 5 rings (SSSR count). The fourth-order valence-corrected chi connectivity index (χ4v) is 4.46. The Hall–Kier alpha value is -3.18. The van der Waals surface area contributed by atoms with Gasteiger partial charge in [-0.25, -0.2) is 15.0 Å². The van der Waals surface area contributed by atoms with Gasteiger partial charge in [-0.3, -0.25) is 4.98 Å². The van der Waals surface area contributed by atoms with Gasteiger partial charge in [-0.05, 0) is 24.3 Å². The van der Waals surface area contributed by atoms with Gasteiger partial charge in [0.1, 0.15) is 11.5 Å². The maximum Gasteiger partial charge on any atom is 0.182 e. The fourth-order valence-electron chi connectivity index (χ4n) is 3.32. The molecule has 0 bridgehead atoms. The molecule has 0 spiro atoms. The van der Waals surface area contributed by atoms with E-state index in [1.165, 1.54) is 20.2 Å². The Labute approximate surface area is 173 Å². The van der Waals surface area contributed by atoms with Crippen molar-refractivity contribution in [2.45, 2.75) is 26.2 Å². The number of fused-ring (bicyclic) bond motifs is 3. The van der Waals surface area contributed by atoms with Crippen molar-refractivity contribution in [2.24, 2.45) is 0 Å². The predicted octanol–water partition coefficient (Wildman–Crippen LogP) is 6.27. The van der Waals surface area contributed by atoms with Crippen LogP contribution in [0.2, 0.25) is 0 Å². The van der Waals surface area contributed by atoms with Gasteiger partial charge in [-0.1, -0.05) is 57.2 Å². The molecule has 142 valence electrons. The van der Waals surface area contributed by atoms with Crippen molar-refractivity contribution in [1.82, 2.24) is 19.9 Å². The number of hydrogen-bond donors (Lipinski definition) is 0. The highest BCUT2D eigenvalue weighted by Gasteiger charge is 2.21. The Bertz CT molecular complexity index is 1330. The third kappa shape index (κ3) is 3.28. The van der Waals surface area contributed by atoms with E-state index in [4.69, 9.17) is 15.0 Å². The number of aromatic nitrogens is 4. The van der Waals surface area contributed by atoms with Crippen molar-refractivity contribution in [1.29, 1.82) is 0 Å². The molecule has 5 heteroatoms. The van der Waals surface area contributed by atoms with Gasteiger partial charge in [-0.15, -0.1) is 11.3 Å². The van der Waals surface area contributed by atoms with E-state index < -0.39 is 0 Å². The van der Waals surface area contributed by atoms with Gasteiger partial charge < -0.3 is 0 Å². The molecule has 4 nitrogen and oxygen atoms in total. The van der Waals surface area contributed by atoms with Crippen LogP contribution in [-0.2, 0) is 5.41 Å². The summed E-state index contributed by atoms with van der Waals surface area (Å²) in [6, 6.07) is 20.7. The van der Waals surface area contributed by atoms with E-state index in [9.17, 15) is 0 Å². The molecule has 29 heavy (non-hydrogen) atoms. The predicted molar refractivity (Wildman–Crippen MR) is 120 cm³/mol. The van der Waals surface area contributed by atoms with Crippen molar-refractivity contribution in [3.63, 3.8) is 0 Å². The number of thiophene rings is 1. The van der Waals surface area contributed by atoms with Crippen molar-refractivity contribution in [3.05, 3.63) is 72.7 Å². The zero-order valence-electron chi connectivity index (χ0n) is 16.5. The molecule has 0 fully saturated rings. The lowest BCUT2D eigenvalue weighted by atomic mass is 9.95. The fraction of sp³-hybridized carbons (Fsp3) is 0.167. The van der Waals surface area contributed by atoms with Gasteiger partial charge in [0, 0.05) is 37.3 Å². The minimum Gasteiger partial charge on any atom is -0.253 e. The highest BCUT2D eigenvalue weighted by Crippen LogP contribution is 2.36. The van der Waals surface area contributed by atoms with E-state index in [0.717, 1.165) is 17.1 Å².